The van der Waals surface area contributed by atoms with Crippen LogP contribution in [0.2, 0.25) is 0 Å². The molecule has 2 heterocycles. The van der Waals surface area contributed by atoms with Crippen molar-refractivity contribution in [3.05, 3.63) is 31.5 Å². The third kappa shape index (κ3) is 6.14. The number of methoxy groups -OCH3 is 1. The summed E-state index contributed by atoms with van der Waals surface area (Å²) in [6, 6.07) is 3.40. The molecule has 1 aromatic carbocycles. The van der Waals surface area contributed by atoms with Crippen LogP contribution in [0.15, 0.2) is 26.0 Å². The van der Waals surface area contributed by atoms with Crippen LogP contribution in [-0.2, 0) is 19.1 Å². The first-order chi connectivity index (χ1) is 15.3. The van der Waals surface area contributed by atoms with Crippen molar-refractivity contribution in [2.24, 2.45) is 0 Å². The van der Waals surface area contributed by atoms with Crippen molar-refractivity contribution in [1.82, 2.24) is 9.80 Å². The highest BCUT2D eigenvalue weighted by atomic mass is 79.9. The Morgan fingerprint density at radius 1 is 1.09 bits per heavy atom. The minimum absolute atomic E-state index is 0.201. The molecule has 0 spiro atoms. The van der Waals surface area contributed by atoms with Crippen molar-refractivity contribution < 1.29 is 28.7 Å². The number of carbonyl (C=O) groups excluding carboxylic acids is 4. The summed E-state index contributed by atoms with van der Waals surface area (Å²) in [5.41, 5.74) is 0.638. The molecule has 2 aliphatic heterocycles. The topological polar surface area (TPSA) is 93.2 Å². The second kappa shape index (κ2) is 11.3. The van der Waals surface area contributed by atoms with Gasteiger partial charge in [-0.3, -0.25) is 19.3 Å². The van der Waals surface area contributed by atoms with E-state index >= 15 is 0 Å². The van der Waals surface area contributed by atoms with Gasteiger partial charge in [0.15, 0.2) is 6.61 Å². The Bertz CT molecular complexity index is 937. The molecule has 0 N–H and O–H groups in total. The number of thioether (sulfide) groups is 1. The molecule has 172 valence electrons. The van der Waals surface area contributed by atoms with Crippen LogP contribution in [0.1, 0.15) is 31.2 Å². The molecule has 1 aromatic rings. The van der Waals surface area contributed by atoms with Gasteiger partial charge in [0, 0.05) is 13.1 Å². The summed E-state index contributed by atoms with van der Waals surface area (Å²) in [6.07, 6.45) is 5.64. The van der Waals surface area contributed by atoms with Gasteiger partial charge in [0.2, 0.25) is 5.91 Å². The summed E-state index contributed by atoms with van der Waals surface area (Å²) in [4.78, 5) is 52.1. The van der Waals surface area contributed by atoms with E-state index in [-0.39, 0.29) is 24.0 Å². The lowest BCUT2D eigenvalue weighted by atomic mass is 10.2. The van der Waals surface area contributed by atoms with Crippen molar-refractivity contribution >= 4 is 72.7 Å². The number of ether oxygens (including phenoxy) is 2. The SMILES string of the molecule is COC(=O)COc1c(Br)cc(C=C2SC(=O)N(CC(=O)N3CCCCCC3)C2=O)cc1Br. The average molecular weight is 590 g/mol. The lowest BCUT2D eigenvalue weighted by molar-refractivity contribution is -0.143. The number of amides is 3. The molecule has 8 nitrogen and oxygen atoms in total. The van der Waals surface area contributed by atoms with E-state index in [1.54, 1.807) is 23.1 Å². The fourth-order valence-corrected chi connectivity index (χ4v) is 5.62. The van der Waals surface area contributed by atoms with Crippen LogP contribution >= 0.6 is 43.6 Å². The Morgan fingerprint density at radius 3 is 2.31 bits per heavy atom. The van der Waals surface area contributed by atoms with Crippen molar-refractivity contribution in [3.63, 3.8) is 0 Å². The van der Waals surface area contributed by atoms with Gasteiger partial charge < -0.3 is 14.4 Å². The minimum Gasteiger partial charge on any atom is -0.480 e. The maximum Gasteiger partial charge on any atom is 0.343 e. The smallest absolute Gasteiger partial charge is 0.343 e. The molecule has 0 aromatic heterocycles. The van der Waals surface area contributed by atoms with E-state index in [2.05, 4.69) is 36.6 Å². The molecule has 0 saturated carbocycles. The van der Waals surface area contributed by atoms with E-state index in [0.717, 1.165) is 42.3 Å². The largest absolute Gasteiger partial charge is 0.480 e. The fraction of sp³-hybridized carbons (Fsp3) is 0.429. The third-order valence-electron chi connectivity index (χ3n) is 5.01. The molecule has 0 atom stereocenters. The normalized spacial score (nSPS) is 18.2. The minimum atomic E-state index is -0.517. The zero-order valence-electron chi connectivity index (χ0n) is 17.4. The molecule has 11 heteroatoms. The van der Waals surface area contributed by atoms with Crippen molar-refractivity contribution in [3.8, 4) is 5.75 Å². The van der Waals surface area contributed by atoms with Crippen molar-refractivity contribution in [2.45, 2.75) is 25.7 Å². The standard InChI is InChI=1S/C21H22Br2N2O6S/c1-30-18(27)12-31-19-14(22)8-13(9-15(19)23)10-16-20(28)25(21(29)32-16)11-17(26)24-6-4-2-3-5-7-24/h8-10H,2-7,11-12H2,1H3. The van der Waals surface area contributed by atoms with Crippen molar-refractivity contribution in [1.29, 1.82) is 0 Å². The van der Waals surface area contributed by atoms with E-state index < -0.39 is 17.1 Å². The lowest BCUT2D eigenvalue weighted by Crippen LogP contribution is -2.42. The molecule has 0 unspecified atom stereocenters. The van der Waals surface area contributed by atoms with E-state index in [1.165, 1.54) is 7.11 Å². The second-order valence-corrected chi connectivity index (χ2v) is 9.94. The molecule has 2 fully saturated rings. The Kier molecular flexibility index (Phi) is 8.78. The van der Waals surface area contributed by atoms with Gasteiger partial charge >= 0.3 is 5.97 Å². The van der Waals surface area contributed by atoms with Crippen LogP contribution in [0.4, 0.5) is 4.79 Å². The molecule has 2 aliphatic rings. The number of imide groups is 1. The summed E-state index contributed by atoms with van der Waals surface area (Å²) in [6.45, 7) is 0.835. The van der Waals surface area contributed by atoms with Crippen LogP contribution in [0.3, 0.4) is 0 Å². The summed E-state index contributed by atoms with van der Waals surface area (Å²) in [5, 5.41) is -0.458. The number of likely N-dealkylation sites (tertiary alicyclic amines) is 1. The predicted molar refractivity (Wildman–Crippen MR) is 127 cm³/mol. The highest BCUT2D eigenvalue weighted by molar-refractivity contribution is 9.11. The lowest BCUT2D eigenvalue weighted by Gasteiger charge is -2.22. The van der Waals surface area contributed by atoms with Crippen LogP contribution in [-0.4, -0.2) is 66.2 Å². The van der Waals surface area contributed by atoms with Gasteiger partial charge in [0.05, 0.1) is 21.0 Å². The third-order valence-corrected chi connectivity index (χ3v) is 7.09. The van der Waals surface area contributed by atoms with E-state index in [4.69, 9.17) is 4.74 Å². The zero-order valence-corrected chi connectivity index (χ0v) is 21.4. The van der Waals surface area contributed by atoms with Crippen LogP contribution < -0.4 is 4.74 Å². The summed E-state index contributed by atoms with van der Waals surface area (Å²) < 4.78 is 11.1. The highest BCUT2D eigenvalue weighted by Crippen LogP contribution is 2.37. The number of halogens is 2. The predicted octanol–water partition coefficient (Wildman–Crippen LogP) is 4.20. The highest BCUT2D eigenvalue weighted by Gasteiger charge is 2.37. The quantitative estimate of drug-likeness (QED) is 0.362. The molecule has 3 rings (SSSR count). The average Bonchev–Trinajstić information content (AvgIpc) is 2.95. The van der Waals surface area contributed by atoms with Crippen LogP contribution in [0, 0.1) is 0 Å². The number of benzene rings is 1. The van der Waals surface area contributed by atoms with Crippen LogP contribution in [0.5, 0.6) is 5.75 Å². The summed E-state index contributed by atoms with van der Waals surface area (Å²) in [5.74, 6) is -0.797. The van der Waals surface area contributed by atoms with Crippen molar-refractivity contribution in [2.75, 3.05) is 33.4 Å². The first-order valence-electron chi connectivity index (χ1n) is 10.0. The monoisotopic (exact) mass is 588 g/mol. The maximum atomic E-state index is 12.8. The van der Waals surface area contributed by atoms with Gasteiger partial charge in [-0.15, -0.1) is 0 Å². The zero-order chi connectivity index (χ0) is 23.3. The number of esters is 1. The Labute approximate surface area is 206 Å². The van der Waals surface area contributed by atoms with Gasteiger partial charge in [-0.2, -0.15) is 0 Å². The summed E-state index contributed by atoms with van der Waals surface area (Å²) >= 11 is 7.58. The molecule has 0 bridgehead atoms. The summed E-state index contributed by atoms with van der Waals surface area (Å²) in [7, 11) is 1.27. The molecular formula is C21H22Br2N2O6S. The molecular weight excluding hydrogens is 568 g/mol. The van der Waals surface area contributed by atoms with E-state index in [1.807, 2.05) is 0 Å². The number of carbonyl (C=O) groups is 4. The van der Waals surface area contributed by atoms with E-state index in [9.17, 15) is 19.2 Å². The van der Waals surface area contributed by atoms with Gasteiger partial charge in [-0.1, -0.05) is 12.8 Å². The Balaban J connectivity index is 1.71. The Morgan fingerprint density at radius 2 is 1.72 bits per heavy atom. The number of rotatable bonds is 6. The molecule has 32 heavy (non-hydrogen) atoms. The van der Waals surface area contributed by atoms with Gasteiger partial charge in [0.25, 0.3) is 11.1 Å². The first kappa shape index (κ1) is 24.8. The maximum absolute atomic E-state index is 12.8. The Hall–Kier alpha value is -1.85. The van der Waals surface area contributed by atoms with Gasteiger partial charge in [-0.25, -0.2) is 4.79 Å². The second-order valence-electron chi connectivity index (χ2n) is 7.24. The van der Waals surface area contributed by atoms with Crippen LogP contribution in [0.25, 0.3) is 6.08 Å². The molecule has 3 amide bonds. The first-order valence-corrected chi connectivity index (χ1v) is 12.4. The van der Waals surface area contributed by atoms with Gasteiger partial charge in [-0.05, 0) is 80.2 Å². The number of nitrogens with zero attached hydrogens (tertiary/aromatic N) is 2. The molecule has 0 radical (unpaired) electrons. The number of hydrogen-bond donors (Lipinski definition) is 0. The van der Waals surface area contributed by atoms with E-state index in [0.29, 0.717) is 33.3 Å². The number of hydrogen-bond acceptors (Lipinski definition) is 7. The molecule has 0 aliphatic carbocycles. The van der Waals surface area contributed by atoms with Gasteiger partial charge in [0.1, 0.15) is 12.3 Å². The molecule has 2 saturated heterocycles. The fourth-order valence-electron chi connectivity index (χ4n) is 3.33.